The van der Waals surface area contributed by atoms with E-state index in [-0.39, 0.29) is 0 Å². The minimum absolute atomic E-state index is 0.739. The molecule has 0 radical (unpaired) electrons. The van der Waals surface area contributed by atoms with Gasteiger partial charge in [0.1, 0.15) is 5.75 Å². The molecule has 88 valence electrons. The van der Waals surface area contributed by atoms with Crippen LogP contribution >= 0.6 is 0 Å². The van der Waals surface area contributed by atoms with E-state index < -0.39 is 0 Å². The first-order valence-corrected chi connectivity index (χ1v) is 6.33. The third-order valence-electron chi connectivity index (χ3n) is 3.41. The van der Waals surface area contributed by atoms with Gasteiger partial charge in [-0.25, -0.2) is 0 Å². The van der Waals surface area contributed by atoms with Crippen LogP contribution < -0.4 is 10.5 Å². The van der Waals surface area contributed by atoms with Gasteiger partial charge < -0.3 is 10.5 Å². The highest BCUT2D eigenvalue weighted by atomic mass is 16.5. The average Bonchev–Trinajstić information content (AvgIpc) is 2.79. The molecule has 0 aliphatic heterocycles. The number of hydrogen-bond donors (Lipinski definition) is 1. The number of nitrogen functional groups attached to an aromatic ring is 1. The van der Waals surface area contributed by atoms with Crippen molar-refractivity contribution in [2.75, 3.05) is 12.3 Å². The molecule has 1 aliphatic rings. The molecular weight excluding hydrogens is 198 g/mol. The SMILES string of the molecule is Nc1ccccc1OCCCC1CCCC1. The van der Waals surface area contributed by atoms with Gasteiger partial charge in [-0.05, 0) is 30.9 Å². The van der Waals surface area contributed by atoms with Crippen molar-refractivity contribution in [1.29, 1.82) is 0 Å². The number of hydrogen-bond acceptors (Lipinski definition) is 2. The third-order valence-corrected chi connectivity index (χ3v) is 3.41. The van der Waals surface area contributed by atoms with Gasteiger partial charge in [-0.1, -0.05) is 37.8 Å². The van der Waals surface area contributed by atoms with Crippen molar-refractivity contribution >= 4 is 5.69 Å². The van der Waals surface area contributed by atoms with Crippen molar-refractivity contribution in [3.8, 4) is 5.75 Å². The second-order valence-electron chi connectivity index (χ2n) is 4.68. The van der Waals surface area contributed by atoms with Crippen molar-refractivity contribution < 1.29 is 4.74 Å². The molecule has 0 unspecified atom stereocenters. The molecule has 0 atom stereocenters. The van der Waals surface area contributed by atoms with E-state index in [9.17, 15) is 0 Å². The molecule has 0 spiro atoms. The fraction of sp³-hybridized carbons (Fsp3) is 0.571. The Morgan fingerprint density at radius 2 is 1.94 bits per heavy atom. The smallest absolute Gasteiger partial charge is 0.142 e. The van der Waals surface area contributed by atoms with Gasteiger partial charge in [0.05, 0.1) is 12.3 Å². The van der Waals surface area contributed by atoms with E-state index in [1.807, 2.05) is 24.3 Å². The van der Waals surface area contributed by atoms with Crippen LogP contribution in [0.1, 0.15) is 38.5 Å². The van der Waals surface area contributed by atoms with Gasteiger partial charge in [0, 0.05) is 0 Å². The number of para-hydroxylation sites is 2. The van der Waals surface area contributed by atoms with Crippen LogP contribution in [0.2, 0.25) is 0 Å². The van der Waals surface area contributed by atoms with Crippen molar-refractivity contribution in [2.45, 2.75) is 38.5 Å². The summed E-state index contributed by atoms with van der Waals surface area (Å²) in [6.45, 7) is 0.796. The van der Waals surface area contributed by atoms with Gasteiger partial charge in [-0.2, -0.15) is 0 Å². The number of ether oxygens (including phenoxy) is 1. The van der Waals surface area contributed by atoms with Crippen LogP contribution in [0, 0.1) is 5.92 Å². The van der Waals surface area contributed by atoms with Crippen molar-refractivity contribution in [1.82, 2.24) is 0 Å². The summed E-state index contributed by atoms with van der Waals surface area (Å²) in [5, 5.41) is 0. The highest BCUT2D eigenvalue weighted by Gasteiger charge is 2.14. The number of benzene rings is 1. The standard InChI is InChI=1S/C14H21NO/c15-13-9-3-4-10-14(13)16-11-5-8-12-6-1-2-7-12/h3-4,9-10,12H,1-2,5-8,11,15H2. The molecule has 1 aliphatic carbocycles. The van der Waals surface area contributed by atoms with Gasteiger partial charge in [0.2, 0.25) is 0 Å². The number of anilines is 1. The van der Waals surface area contributed by atoms with E-state index in [0.29, 0.717) is 0 Å². The first-order chi connectivity index (χ1) is 7.86. The largest absolute Gasteiger partial charge is 0.491 e. The van der Waals surface area contributed by atoms with Crippen LogP contribution in [-0.4, -0.2) is 6.61 Å². The fourth-order valence-corrected chi connectivity index (χ4v) is 2.47. The first kappa shape index (κ1) is 11.3. The summed E-state index contributed by atoms with van der Waals surface area (Å²) >= 11 is 0. The maximum absolute atomic E-state index is 5.80. The van der Waals surface area contributed by atoms with Crippen molar-refractivity contribution in [2.24, 2.45) is 5.92 Å². The topological polar surface area (TPSA) is 35.2 Å². The monoisotopic (exact) mass is 219 g/mol. The second-order valence-corrected chi connectivity index (χ2v) is 4.68. The Morgan fingerprint density at radius 1 is 1.19 bits per heavy atom. The predicted octanol–water partition coefficient (Wildman–Crippen LogP) is 3.62. The highest BCUT2D eigenvalue weighted by Crippen LogP contribution is 2.28. The summed E-state index contributed by atoms with van der Waals surface area (Å²) < 4.78 is 5.67. The molecule has 1 saturated carbocycles. The minimum atomic E-state index is 0.739. The third kappa shape index (κ3) is 3.16. The van der Waals surface area contributed by atoms with Gasteiger partial charge in [0.15, 0.2) is 0 Å². The highest BCUT2D eigenvalue weighted by molar-refractivity contribution is 5.51. The van der Waals surface area contributed by atoms with E-state index in [4.69, 9.17) is 10.5 Å². The van der Waals surface area contributed by atoms with E-state index in [1.165, 1.54) is 32.1 Å². The molecule has 0 saturated heterocycles. The first-order valence-electron chi connectivity index (χ1n) is 6.33. The average molecular weight is 219 g/mol. The van der Waals surface area contributed by atoms with Crippen LogP contribution in [0.3, 0.4) is 0 Å². The molecule has 0 amide bonds. The van der Waals surface area contributed by atoms with E-state index >= 15 is 0 Å². The molecule has 1 aromatic rings. The van der Waals surface area contributed by atoms with E-state index in [1.54, 1.807) is 0 Å². The minimum Gasteiger partial charge on any atom is -0.491 e. The summed E-state index contributed by atoms with van der Waals surface area (Å²) in [6, 6.07) is 7.71. The Bertz CT molecular complexity index is 318. The molecule has 0 bridgehead atoms. The lowest BCUT2D eigenvalue weighted by Crippen LogP contribution is -2.02. The van der Waals surface area contributed by atoms with Gasteiger partial charge in [0.25, 0.3) is 0 Å². The van der Waals surface area contributed by atoms with Crippen LogP contribution in [0.25, 0.3) is 0 Å². The van der Waals surface area contributed by atoms with Crippen molar-refractivity contribution in [3.05, 3.63) is 24.3 Å². The summed E-state index contributed by atoms with van der Waals surface area (Å²) in [6.07, 6.45) is 8.17. The lowest BCUT2D eigenvalue weighted by molar-refractivity contribution is 0.294. The van der Waals surface area contributed by atoms with Gasteiger partial charge in [-0.3, -0.25) is 0 Å². The van der Waals surface area contributed by atoms with Crippen LogP contribution in [-0.2, 0) is 0 Å². The molecule has 0 heterocycles. The van der Waals surface area contributed by atoms with Crippen LogP contribution in [0.5, 0.6) is 5.75 Å². The van der Waals surface area contributed by atoms with Crippen LogP contribution in [0.15, 0.2) is 24.3 Å². The summed E-state index contributed by atoms with van der Waals surface area (Å²) in [5.74, 6) is 1.78. The van der Waals surface area contributed by atoms with Gasteiger partial charge in [-0.15, -0.1) is 0 Å². The molecule has 1 fully saturated rings. The lowest BCUT2D eigenvalue weighted by Gasteiger charge is -2.10. The summed E-state index contributed by atoms with van der Waals surface area (Å²) in [7, 11) is 0. The molecule has 2 nitrogen and oxygen atoms in total. The quantitative estimate of drug-likeness (QED) is 0.606. The predicted molar refractivity (Wildman–Crippen MR) is 67.5 cm³/mol. The van der Waals surface area contributed by atoms with E-state index in [0.717, 1.165) is 30.4 Å². The van der Waals surface area contributed by atoms with Gasteiger partial charge >= 0.3 is 0 Å². The summed E-state index contributed by atoms with van der Waals surface area (Å²) in [5.41, 5.74) is 6.54. The number of nitrogens with two attached hydrogens (primary N) is 1. The zero-order chi connectivity index (χ0) is 11.2. The molecule has 2 rings (SSSR count). The fourth-order valence-electron chi connectivity index (χ4n) is 2.47. The molecule has 16 heavy (non-hydrogen) atoms. The zero-order valence-corrected chi connectivity index (χ0v) is 9.82. The molecule has 2 heteroatoms. The normalized spacial score (nSPS) is 16.5. The Balaban J connectivity index is 1.66. The Hall–Kier alpha value is -1.18. The zero-order valence-electron chi connectivity index (χ0n) is 9.82. The molecule has 2 N–H and O–H groups in total. The van der Waals surface area contributed by atoms with Crippen LogP contribution in [0.4, 0.5) is 5.69 Å². The Morgan fingerprint density at radius 3 is 2.69 bits per heavy atom. The Kier molecular flexibility index (Phi) is 4.09. The maximum atomic E-state index is 5.80. The molecule has 0 aromatic heterocycles. The summed E-state index contributed by atoms with van der Waals surface area (Å²) in [4.78, 5) is 0. The van der Waals surface area contributed by atoms with E-state index in [2.05, 4.69) is 0 Å². The molecule has 1 aromatic carbocycles. The second kappa shape index (κ2) is 5.78. The molecular formula is C14H21NO. The maximum Gasteiger partial charge on any atom is 0.142 e. The number of rotatable bonds is 5. The van der Waals surface area contributed by atoms with Crippen molar-refractivity contribution in [3.63, 3.8) is 0 Å². The Labute approximate surface area is 97.8 Å². The lowest BCUT2D eigenvalue weighted by atomic mass is 10.0.